The van der Waals surface area contributed by atoms with Gasteiger partial charge in [-0.05, 0) is 24.4 Å². The third-order valence-electron chi connectivity index (χ3n) is 3.78. The molecule has 1 aliphatic heterocycles. The molecule has 19 heavy (non-hydrogen) atoms. The van der Waals surface area contributed by atoms with Crippen molar-refractivity contribution in [2.75, 3.05) is 6.61 Å². The molecule has 1 heterocycles. The Kier molecular flexibility index (Phi) is 4.82. The topological polar surface area (TPSA) is 29.5 Å². The highest BCUT2D eigenvalue weighted by Gasteiger charge is 2.32. The molecule has 3 atom stereocenters. The fourth-order valence-electron chi connectivity index (χ4n) is 2.84. The molecule has 0 amide bonds. The third kappa shape index (κ3) is 4.75. The van der Waals surface area contributed by atoms with E-state index >= 15 is 0 Å². The Bertz CT molecular complexity index is 385. The number of ether oxygens (including phenoxy) is 1. The van der Waals surface area contributed by atoms with Gasteiger partial charge in [0.1, 0.15) is 0 Å². The van der Waals surface area contributed by atoms with Crippen LogP contribution in [-0.2, 0) is 11.2 Å². The van der Waals surface area contributed by atoms with Gasteiger partial charge in [0.2, 0.25) is 0 Å². The molecule has 0 bridgehead atoms. The van der Waals surface area contributed by atoms with Crippen LogP contribution in [0, 0.1) is 5.92 Å². The molecule has 0 spiro atoms. The van der Waals surface area contributed by atoms with E-state index in [2.05, 4.69) is 43.9 Å². The van der Waals surface area contributed by atoms with E-state index in [9.17, 15) is 5.11 Å². The Morgan fingerprint density at radius 3 is 2.47 bits per heavy atom. The highest BCUT2D eigenvalue weighted by molar-refractivity contribution is 6.76. The van der Waals surface area contributed by atoms with Gasteiger partial charge in [-0.15, -0.1) is 0 Å². The Labute approximate surface area is 117 Å². The maximum atomic E-state index is 10.3. The van der Waals surface area contributed by atoms with Crippen molar-refractivity contribution < 1.29 is 9.84 Å². The zero-order chi connectivity index (χ0) is 13.9. The zero-order valence-corrected chi connectivity index (χ0v) is 13.3. The zero-order valence-electron chi connectivity index (χ0n) is 12.3. The molecule has 1 fully saturated rings. The minimum absolute atomic E-state index is 0.213. The van der Waals surface area contributed by atoms with Gasteiger partial charge in [-0.2, -0.15) is 0 Å². The van der Waals surface area contributed by atoms with Crippen molar-refractivity contribution in [2.45, 2.75) is 50.7 Å². The number of aliphatic hydroxyl groups excluding tert-OH is 1. The maximum absolute atomic E-state index is 10.3. The van der Waals surface area contributed by atoms with E-state index in [0.29, 0.717) is 6.61 Å². The van der Waals surface area contributed by atoms with Gasteiger partial charge in [-0.25, -0.2) is 0 Å². The van der Waals surface area contributed by atoms with E-state index in [0.717, 1.165) is 18.9 Å². The Balaban J connectivity index is 1.87. The number of aliphatic hydroxyl groups is 1. The predicted octanol–water partition coefficient (Wildman–Crippen LogP) is 3.33. The van der Waals surface area contributed by atoms with Crippen molar-refractivity contribution in [1.29, 1.82) is 0 Å². The van der Waals surface area contributed by atoms with Gasteiger partial charge in [-0.3, -0.25) is 0 Å². The van der Waals surface area contributed by atoms with Crippen LogP contribution < -0.4 is 0 Å². The summed E-state index contributed by atoms with van der Waals surface area (Å²) < 4.78 is 5.98. The lowest BCUT2D eigenvalue weighted by Crippen LogP contribution is -2.41. The van der Waals surface area contributed by atoms with Gasteiger partial charge in [0.15, 0.2) is 0 Å². The van der Waals surface area contributed by atoms with Crippen molar-refractivity contribution in [3.05, 3.63) is 35.9 Å². The summed E-state index contributed by atoms with van der Waals surface area (Å²) in [5.74, 6) is 0.250. The number of hydrogen-bond acceptors (Lipinski definition) is 2. The molecular formula is C16H26O2Si. The van der Waals surface area contributed by atoms with E-state index in [1.807, 2.05) is 6.07 Å². The third-order valence-corrected chi connectivity index (χ3v) is 5.46. The molecule has 2 nitrogen and oxygen atoms in total. The van der Waals surface area contributed by atoms with Gasteiger partial charge in [-0.1, -0.05) is 50.0 Å². The van der Waals surface area contributed by atoms with Gasteiger partial charge >= 0.3 is 0 Å². The van der Waals surface area contributed by atoms with Crippen molar-refractivity contribution in [1.82, 2.24) is 0 Å². The lowest BCUT2D eigenvalue weighted by atomic mass is 9.89. The quantitative estimate of drug-likeness (QED) is 0.856. The highest BCUT2D eigenvalue weighted by Crippen LogP contribution is 2.27. The summed E-state index contributed by atoms with van der Waals surface area (Å²) >= 11 is 0. The first-order chi connectivity index (χ1) is 8.94. The Morgan fingerprint density at radius 2 is 1.89 bits per heavy atom. The summed E-state index contributed by atoms with van der Waals surface area (Å²) in [4.78, 5) is 0. The molecule has 0 saturated carbocycles. The second-order valence-electron chi connectivity index (χ2n) is 6.97. The van der Waals surface area contributed by atoms with Crippen LogP contribution >= 0.6 is 0 Å². The van der Waals surface area contributed by atoms with E-state index in [4.69, 9.17) is 4.74 Å². The fourth-order valence-corrected chi connectivity index (χ4v) is 4.49. The lowest BCUT2D eigenvalue weighted by Gasteiger charge is -2.35. The molecule has 3 heteroatoms. The SMILES string of the molecule is C[Si](C)(C)C[C@@H]1C[C@H](O)[C@H](Cc2ccccc2)CO1. The standard InChI is InChI=1S/C16H26O2Si/c1-19(2,3)12-15-10-16(17)14(11-18-15)9-13-7-5-4-6-8-13/h4-8,14-17H,9-12H2,1-3H3/t14-,15+,16+/m1/s1. The highest BCUT2D eigenvalue weighted by atomic mass is 28.3. The van der Waals surface area contributed by atoms with Gasteiger partial charge < -0.3 is 9.84 Å². The van der Waals surface area contributed by atoms with Gasteiger partial charge in [0.25, 0.3) is 0 Å². The van der Waals surface area contributed by atoms with Crippen molar-refractivity contribution in [3.63, 3.8) is 0 Å². The summed E-state index contributed by atoms with van der Waals surface area (Å²) in [5, 5.41) is 10.3. The fraction of sp³-hybridized carbons (Fsp3) is 0.625. The minimum Gasteiger partial charge on any atom is -0.393 e. The molecule has 1 aromatic rings. The van der Waals surface area contributed by atoms with E-state index in [1.165, 1.54) is 5.56 Å². The van der Waals surface area contributed by atoms with Crippen LogP contribution in [-0.4, -0.2) is 32.0 Å². The minimum atomic E-state index is -1.11. The van der Waals surface area contributed by atoms with Crippen LogP contribution in [0.25, 0.3) is 0 Å². The molecule has 106 valence electrons. The van der Waals surface area contributed by atoms with Crippen molar-refractivity contribution >= 4 is 8.07 Å². The molecule has 1 saturated heterocycles. The van der Waals surface area contributed by atoms with E-state index in [-0.39, 0.29) is 18.1 Å². The number of rotatable bonds is 4. The van der Waals surface area contributed by atoms with E-state index in [1.54, 1.807) is 0 Å². The van der Waals surface area contributed by atoms with E-state index < -0.39 is 8.07 Å². The van der Waals surface area contributed by atoms with Crippen LogP contribution in [0.3, 0.4) is 0 Å². The molecule has 1 aromatic carbocycles. The molecule has 2 rings (SSSR count). The summed E-state index contributed by atoms with van der Waals surface area (Å²) in [6, 6.07) is 11.5. The molecule has 0 aromatic heterocycles. The molecule has 1 N–H and O–H groups in total. The van der Waals surface area contributed by atoms with Crippen LogP contribution in [0.1, 0.15) is 12.0 Å². The summed E-state index contributed by atoms with van der Waals surface area (Å²) in [6.45, 7) is 7.78. The Morgan fingerprint density at radius 1 is 1.21 bits per heavy atom. The predicted molar refractivity (Wildman–Crippen MR) is 82.2 cm³/mol. The maximum Gasteiger partial charge on any atom is 0.0618 e. The second-order valence-corrected chi connectivity index (χ2v) is 12.5. The largest absolute Gasteiger partial charge is 0.393 e. The molecule has 0 radical (unpaired) electrons. The summed E-state index contributed by atoms with van der Waals surface area (Å²) in [7, 11) is -1.11. The molecule has 1 aliphatic rings. The Hall–Kier alpha value is -0.643. The smallest absolute Gasteiger partial charge is 0.0618 e. The van der Waals surface area contributed by atoms with Crippen molar-refractivity contribution in [3.8, 4) is 0 Å². The monoisotopic (exact) mass is 278 g/mol. The summed E-state index contributed by atoms with van der Waals surface area (Å²) in [5.41, 5.74) is 1.29. The first kappa shape index (κ1) is 14.8. The molecular weight excluding hydrogens is 252 g/mol. The van der Waals surface area contributed by atoms with Crippen LogP contribution in [0.5, 0.6) is 0 Å². The summed E-state index contributed by atoms with van der Waals surface area (Å²) in [6.07, 6.45) is 1.78. The van der Waals surface area contributed by atoms with Crippen LogP contribution in [0.4, 0.5) is 0 Å². The van der Waals surface area contributed by atoms with Crippen LogP contribution in [0.15, 0.2) is 30.3 Å². The second kappa shape index (κ2) is 6.20. The molecule has 0 unspecified atom stereocenters. The van der Waals surface area contributed by atoms with Crippen molar-refractivity contribution in [2.24, 2.45) is 5.92 Å². The van der Waals surface area contributed by atoms with Gasteiger partial charge in [0, 0.05) is 14.0 Å². The lowest BCUT2D eigenvalue weighted by molar-refractivity contribution is -0.0754. The molecule has 0 aliphatic carbocycles. The normalized spacial score (nSPS) is 28.3. The number of benzene rings is 1. The van der Waals surface area contributed by atoms with Gasteiger partial charge in [0.05, 0.1) is 18.8 Å². The average Bonchev–Trinajstić information content (AvgIpc) is 2.32. The first-order valence-electron chi connectivity index (χ1n) is 7.27. The first-order valence-corrected chi connectivity index (χ1v) is 11.0. The number of hydrogen-bond donors (Lipinski definition) is 1. The van der Waals surface area contributed by atoms with Crippen LogP contribution in [0.2, 0.25) is 25.7 Å². The average molecular weight is 278 g/mol.